The third kappa shape index (κ3) is 4.78. The van der Waals surface area contributed by atoms with Crippen molar-refractivity contribution in [3.8, 4) is 11.5 Å². The third-order valence-electron chi connectivity index (χ3n) is 4.40. The van der Waals surface area contributed by atoms with Gasteiger partial charge in [-0.3, -0.25) is 9.69 Å². The second-order valence-electron chi connectivity index (χ2n) is 6.20. The molecule has 150 valence electrons. The van der Waals surface area contributed by atoms with E-state index in [0.29, 0.717) is 33.7 Å². The summed E-state index contributed by atoms with van der Waals surface area (Å²) in [5.41, 5.74) is 1.95. The highest BCUT2D eigenvalue weighted by atomic mass is 32.2. The van der Waals surface area contributed by atoms with Gasteiger partial charge in [0, 0.05) is 6.54 Å². The number of thioether (sulfide) groups is 1. The number of methoxy groups -OCH3 is 2. The summed E-state index contributed by atoms with van der Waals surface area (Å²) in [6.07, 6.45) is 2.34. The van der Waals surface area contributed by atoms with Gasteiger partial charge in [0.2, 0.25) is 0 Å². The molecular formula is C21H19NO5S2. The molecule has 0 aromatic heterocycles. The molecule has 0 atom stereocenters. The summed E-state index contributed by atoms with van der Waals surface area (Å²) in [6, 6.07) is 12.0. The van der Waals surface area contributed by atoms with Crippen LogP contribution in [0.1, 0.15) is 21.5 Å². The lowest BCUT2D eigenvalue weighted by Crippen LogP contribution is -2.30. The van der Waals surface area contributed by atoms with Gasteiger partial charge in [-0.05, 0) is 47.9 Å². The monoisotopic (exact) mass is 429 g/mol. The van der Waals surface area contributed by atoms with Crippen LogP contribution in [0.25, 0.3) is 6.08 Å². The third-order valence-corrected chi connectivity index (χ3v) is 5.78. The van der Waals surface area contributed by atoms with Crippen LogP contribution in [0.15, 0.2) is 47.4 Å². The summed E-state index contributed by atoms with van der Waals surface area (Å²) in [5, 5.41) is 8.97. The first-order valence-electron chi connectivity index (χ1n) is 8.72. The Kier molecular flexibility index (Phi) is 6.56. The highest BCUT2D eigenvalue weighted by molar-refractivity contribution is 8.26. The number of thiocarbonyl (C=S) groups is 1. The van der Waals surface area contributed by atoms with Gasteiger partial charge in [0.15, 0.2) is 11.5 Å². The lowest BCUT2D eigenvalue weighted by molar-refractivity contribution is -0.122. The molecule has 1 saturated heterocycles. The van der Waals surface area contributed by atoms with Crippen molar-refractivity contribution in [3.63, 3.8) is 0 Å². The minimum Gasteiger partial charge on any atom is -0.493 e. The van der Waals surface area contributed by atoms with Crippen molar-refractivity contribution < 1.29 is 24.2 Å². The smallest absolute Gasteiger partial charge is 0.335 e. The van der Waals surface area contributed by atoms with E-state index in [-0.39, 0.29) is 11.5 Å². The van der Waals surface area contributed by atoms with E-state index in [1.807, 2.05) is 18.2 Å². The fourth-order valence-corrected chi connectivity index (χ4v) is 4.15. The normalized spacial score (nSPS) is 15.1. The Hall–Kier alpha value is -2.84. The zero-order valence-electron chi connectivity index (χ0n) is 15.9. The quantitative estimate of drug-likeness (QED) is 0.529. The molecule has 1 aliphatic heterocycles. The van der Waals surface area contributed by atoms with Crippen LogP contribution < -0.4 is 9.47 Å². The van der Waals surface area contributed by atoms with Crippen molar-refractivity contribution in [1.29, 1.82) is 0 Å². The lowest BCUT2D eigenvalue weighted by Gasteiger charge is -2.15. The predicted molar refractivity (Wildman–Crippen MR) is 117 cm³/mol. The molecule has 2 aromatic rings. The molecule has 29 heavy (non-hydrogen) atoms. The zero-order chi connectivity index (χ0) is 21.0. The molecule has 1 aliphatic rings. The van der Waals surface area contributed by atoms with E-state index < -0.39 is 5.97 Å². The molecular weight excluding hydrogens is 410 g/mol. The Morgan fingerprint density at radius 2 is 1.83 bits per heavy atom. The van der Waals surface area contributed by atoms with Crippen LogP contribution in [-0.2, 0) is 11.2 Å². The molecule has 1 heterocycles. The summed E-state index contributed by atoms with van der Waals surface area (Å²) in [4.78, 5) is 25.8. The predicted octanol–water partition coefficient (Wildman–Crippen LogP) is 3.85. The maximum Gasteiger partial charge on any atom is 0.335 e. The Morgan fingerprint density at radius 1 is 1.14 bits per heavy atom. The average Bonchev–Trinajstić information content (AvgIpc) is 2.99. The average molecular weight is 430 g/mol. The molecule has 0 radical (unpaired) electrons. The Morgan fingerprint density at radius 3 is 2.45 bits per heavy atom. The number of benzene rings is 2. The highest BCUT2D eigenvalue weighted by Crippen LogP contribution is 2.33. The Bertz CT molecular complexity index is 985. The maximum absolute atomic E-state index is 12.8. The minimum absolute atomic E-state index is 0.150. The van der Waals surface area contributed by atoms with Crippen LogP contribution in [0.2, 0.25) is 0 Å². The number of nitrogens with zero attached hydrogens (tertiary/aromatic N) is 1. The molecule has 1 amide bonds. The number of hydrogen-bond acceptors (Lipinski definition) is 6. The molecule has 6 nitrogen and oxygen atoms in total. The number of carboxylic acids is 1. The number of rotatable bonds is 7. The number of hydrogen-bond donors (Lipinski definition) is 1. The van der Waals surface area contributed by atoms with Crippen molar-refractivity contribution in [3.05, 3.63) is 64.1 Å². The van der Waals surface area contributed by atoms with Gasteiger partial charge in [-0.1, -0.05) is 42.2 Å². The van der Waals surface area contributed by atoms with Gasteiger partial charge >= 0.3 is 5.97 Å². The van der Waals surface area contributed by atoms with Gasteiger partial charge in [-0.25, -0.2) is 4.79 Å². The number of carbonyl (C=O) groups excluding carboxylic acids is 1. The zero-order valence-corrected chi connectivity index (χ0v) is 17.5. The molecule has 0 spiro atoms. The molecule has 0 aliphatic carbocycles. The van der Waals surface area contributed by atoms with Crippen LogP contribution in [0.3, 0.4) is 0 Å². The second-order valence-corrected chi connectivity index (χ2v) is 7.88. The molecule has 8 heteroatoms. The van der Waals surface area contributed by atoms with Crippen molar-refractivity contribution >= 4 is 46.3 Å². The molecule has 2 aromatic carbocycles. The number of aromatic carboxylic acids is 1. The van der Waals surface area contributed by atoms with Crippen molar-refractivity contribution in [2.24, 2.45) is 0 Å². The van der Waals surface area contributed by atoms with Crippen molar-refractivity contribution in [2.45, 2.75) is 6.42 Å². The first-order valence-corrected chi connectivity index (χ1v) is 9.95. The number of amides is 1. The summed E-state index contributed by atoms with van der Waals surface area (Å²) in [7, 11) is 3.16. The van der Waals surface area contributed by atoms with Gasteiger partial charge in [0.25, 0.3) is 5.91 Å². The van der Waals surface area contributed by atoms with Crippen LogP contribution in [0.5, 0.6) is 11.5 Å². The first-order chi connectivity index (χ1) is 13.9. The van der Waals surface area contributed by atoms with Crippen LogP contribution in [-0.4, -0.2) is 47.0 Å². The van der Waals surface area contributed by atoms with E-state index in [0.717, 1.165) is 11.1 Å². The summed E-state index contributed by atoms with van der Waals surface area (Å²) in [6.45, 7) is 0.454. The Labute approximate surface area is 178 Å². The van der Waals surface area contributed by atoms with Crippen molar-refractivity contribution in [2.75, 3.05) is 20.8 Å². The van der Waals surface area contributed by atoms with E-state index in [1.54, 1.807) is 37.3 Å². The topological polar surface area (TPSA) is 76.1 Å². The first kappa shape index (κ1) is 20.9. The van der Waals surface area contributed by atoms with Crippen LogP contribution in [0, 0.1) is 0 Å². The van der Waals surface area contributed by atoms with Gasteiger partial charge in [0.1, 0.15) is 4.32 Å². The summed E-state index contributed by atoms with van der Waals surface area (Å²) < 4.78 is 11.1. The second kappa shape index (κ2) is 9.11. The van der Waals surface area contributed by atoms with Gasteiger partial charge < -0.3 is 14.6 Å². The van der Waals surface area contributed by atoms with Crippen molar-refractivity contribution in [1.82, 2.24) is 4.90 Å². The van der Waals surface area contributed by atoms with E-state index in [9.17, 15) is 9.59 Å². The van der Waals surface area contributed by atoms with E-state index in [2.05, 4.69) is 0 Å². The van der Waals surface area contributed by atoms with E-state index in [4.69, 9.17) is 26.8 Å². The maximum atomic E-state index is 12.8. The molecule has 0 unspecified atom stereocenters. The standard InChI is InChI=1S/C21H19NO5S2/c1-26-16-8-5-14(11-17(16)27-2)9-10-22-19(23)18(29-21(22)28)12-13-3-6-15(7-4-13)20(24)25/h3-8,11-12H,9-10H2,1-2H3,(H,24,25)/b18-12-. The summed E-state index contributed by atoms with van der Waals surface area (Å²) >= 11 is 6.62. The molecule has 3 rings (SSSR count). The van der Waals surface area contributed by atoms with Gasteiger partial charge in [-0.15, -0.1) is 0 Å². The molecule has 1 N–H and O–H groups in total. The van der Waals surface area contributed by atoms with E-state index >= 15 is 0 Å². The highest BCUT2D eigenvalue weighted by Gasteiger charge is 2.31. The van der Waals surface area contributed by atoms with Crippen LogP contribution >= 0.6 is 24.0 Å². The molecule has 1 fully saturated rings. The fraction of sp³-hybridized carbons (Fsp3) is 0.190. The largest absolute Gasteiger partial charge is 0.493 e. The summed E-state index contributed by atoms with van der Waals surface area (Å²) in [5.74, 6) is 0.152. The Balaban J connectivity index is 1.69. The molecule has 0 saturated carbocycles. The number of ether oxygens (including phenoxy) is 2. The number of carbonyl (C=O) groups is 2. The fourth-order valence-electron chi connectivity index (χ4n) is 2.84. The SMILES string of the molecule is COc1ccc(CCN2C(=O)/C(=C/c3ccc(C(=O)O)cc3)SC2=S)cc1OC. The van der Waals surface area contributed by atoms with Gasteiger partial charge in [-0.2, -0.15) is 0 Å². The molecule has 0 bridgehead atoms. The van der Waals surface area contributed by atoms with Crippen LogP contribution in [0.4, 0.5) is 0 Å². The lowest BCUT2D eigenvalue weighted by atomic mass is 10.1. The van der Waals surface area contributed by atoms with Gasteiger partial charge in [0.05, 0.1) is 24.7 Å². The number of carboxylic acid groups (broad SMARTS) is 1. The minimum atomic E-state index is -0.988. The van der Waals surface area contributed by atoms with E-state index in [1.165, 1.54) is 23.9 Å².